The van der Waals surface area contributed by atoms with E-state index in [1.54, 1.807) is 19.2 Å². The van der Waals surface area contributed by atoms with Crippen LogP contribution in [0.15, 0.2) is 33.8 Å². The SMILES string of the molecule is CN=C(NCCc1nc(-c2ccc(Cl)cc2)no1)N1CCN(CC(=O)NC2CC2)CC1. The Hall–Kier alpha value is -2.65. The van der Waals surface area contributed by atoms with Gasteiger partial charge in [0.05, 0.1) is 6.54 Å². The minimum Gasteiger partial charge on any atom is -0.356 e. The summed E-state index contributed by atoms with van der Waals surface area (Å²) in [7, 11) is 1.78. The number of hydrogen-bond donors (Lipinski definition) is 2. The van der Waals surface area contributed by atoms with Crippen molar-refractivity contribution in [3.8, 4) is 11.4 Å². The van der Waals surface area contributed by atoms with E-state index in [1.165, 1.54) is 0 Å². The Kier molecular flexibility index (Phi) is 7.03. The Morgan fingerprint density at radius 2 is 1.97 bits per heavy atom. The van der Waals surface area contributed by atoms with E-state index < -0.39 is 0 Å². The van der Waals surface area contributed by atoms with Crippen LogP contribution in [0.25, 0.3) is 11.4 Å². The first-order valence-corrected chi connectivity index (χ1v) is 11.0. The van der Waals surface area contributed by atoms with Gasteiger partial charge in [0.1, 0.15) is 0 Å². The molecule has 1 amide bonds. The number of aliphatic imine (C=N–C) groups is 1. The van der Waals surface area contributed by atoms with Gasteiger partial charge in [0.15, 0.2) is 5.96 Å². The van der Waals surface area contributed by atoms with Gasteiger partial charge < -0.3 is 20.1 Å². The van der Waals surface area contributed by atoms with Crippen LogP contribution in [0, 0.1) is 0 Å². The average molecular weight is 446 g/mol. The van der Waals surface area contributed by atoms with Crippen molar-refractivity contribution in [3.05, 3.63) is 35.2 Å². The van der Waals surface area contributed by atoms with Crippen LogP contribution in [0.5, 0.6) is 0 Å². The lowest BCUT2D eigenvalue weighted by Gasteiger charge is -2.36. The van der Waals surface area contributed by atoms with Crippen molar-refractivity contribution in [2.24, 2.45) is 4.99 Å². The molecule has 0 spiro atoms. The molecule has 0 bridgehead atoms. The molecule has 2 fully saturated rings. The lowest BCUT2D eigenvalue weighted by atomic mass is 10.2. The zero-order valence-corrected chi connectivity index (χ0v) is 18.4. The van der Waals surface area contributed by atoms with E-state index in [-0.39, 0.29) is 5.91 Å². The second-order valence-electron chi connectivity index (χ2n) is 7.85. The quantitative estimate of drug-likeness (QED) is 0.491. The highest BCUT2D eigenvalue weighted by molar-refractivity contribution is 6.30. The number of nitrogens with zero attached hydrogens (tertiary/aromatic N) is 5. The van der Waals surface area contributed by atoms with Crippen molar-refractivity contribution < 1.29 is 9.32 Å². The molecule has 0 radical (unpaired) electrons. The maximum Gasteiger partial charge on any atom is 0.234 e. The van der Waals surface area contributed by atoms with Gasteiger partial charge in [-0.05, 0) is 37.1 Å². The predicted molar refractivity (Wildman–Crippen MR) is 119 cm³/mol. The molecule has 0 atom stereocenters. The number of carbonyl (C=O) groups excluding carboxylic acids is 1. The molecule has 2 aromatic rings. The van der Waals surface area contributed by atoms with E-state index in [4.69, 9.17) is 16.1 Å². The molecule has 4 rings (SSSR count). The first-order chi connectivity index (χ1) is 15.1. The number of benzene rings is 1. The van der Waals surface area contributed by atoms with Gasteiger partial charge in [-0.25, -0.2) is 0 Å². The number of guanidine groups is 1. The number of hydrogen-bond acceptors (Lipinski definition) is 6. The minimum absolute atomic E-state index is 0.135. The number of rotatable bonds is 7. The minimum atomic E-state index is 0.135. The molecule has 31 heavy (non-hydrogen) atoms. The van der Waals surface area contributed by atoms with Crippen molar-refractivity contribution in [3.63, 3.8) is 0 Å². The lowest BCUT2D eigenvalue weighted by Crippen LogP contribution is -2.54. The van der Waals surface area contributed by atoms with Gasteiger partial charge in [-0.15, -0.1) is 0 Å². The van der Waals surface area contributed by atoms with Crippen LogP contribution < -0.4 is 10.6 Å². The molecular formula is C21H28ClN7O2. The number of aromatic nitrogens is 2. The molecular weight excluding hydrogens is 418 g/mol. The molecule has 2 aliphatic rings. The van der Waals surface area contributed by atoms with Crippen LogP contribution in [0.3, 0.4) is 0 Å². The molecule has 0 unspecified atom stereocenters. The molecule has 1 aliphatic carbocycles. The normalized spacial score (nSPS) is 17.6. The van der Waals surface area contributed by atoms with Crippen molar-refractivity contribution in [1.29, 1.82) is 0 Å². The van der Waals surface area contributed by atoms with Crippen molar-refractivity contribution in [2.75, 3.05) is 46.3 Å². The topological polar surface area (TPSA) is 98.9 Å². The average Bonchev–Trinajstić information content (AvgIpc) is 3.46. The van der Waals surface area contributed by atoms with E-state index in [9.17, 15) is 4.79 Å². The summed E-state index contributed by atoms with van der Waals surface area (Å²) in [5.41, 5.74) is 0.867. The van der Waals surface area contributed by atoms with Gasteiger partial charge in [-0.1, -0.05) is 16.8 Å². The monoisotopic (exact) mass is 445 g/mol. The Balaban J connectivity index is 1.19. The van der Waals surface area contributed by atoms with Crippen molar-refractivity contribution >= 4 is 23.5 Å². The number of amides is 1. The van der Waals surface area contributed by atoms with Gasteiger partial charge in [0.2, 0.25) is 17.6 Å². The number of piperazine rings is 1. The highest BCUT2D eigenvalue weighted by atomic mass is 35.5. The third-order valence-electron chi connectivity index (χ3n) is 5.39. The third-order valence-corrected chi connectivity index (χ3v) is 5.64. The molecule has 2 heterocycles. The molecule has 1 aromatic heterocycles. The number of halogens is 1. The highest BCUT2D eigenvalue weighted by Crippen LogP contribution is 2.19. The molecule has 1 saturated heterocycles. The van der Waals surface area contributed by atoms with Gasteiger partial charge in [-0.3, -0.25) is 14.7 Å². The Labute approximate surface area is 186 Å². The number of carbonyl (C=O) groups is 1. The Morgan fingerprint density at radius 3 is 2.65 bits per heavy atom. The smallest absolute Gasteiger partial charge is 0.234 e. The van der Waals surface area contributed by atoms with E-state index in [2.05, 4.69) is 35.6 Å². The molecule has 1 aromatic carbocycles. The first kappa shape index (κ1) is 21.6. The summed E-state index contributed by atoms with van der Waals surface area (Å²) < 4.78 is 5.36. The fraction of sp³-hybridized carbons (Fsp3) is 0.524. The fourth-order valence-electron chi connectivity index (χ4n) is 3.51. The van der Waals surface area contributed by atoms with Gasteiger partial charge in [0, 0.05) is 62.8 Å². The van der Waals surface area contributed by atoms with Gasteiger partial charge >= 0.3 is 0 Å². The largest absolute Gasteiger partial charge is 0.356 e. The summed E-state index contributed by atoms with van der Waals surface area (Å²) in [5.74, 6) is 2.10. The van der Waals surface area contributed by atoms with Gasteiger partial charge in [0.25, 0.3) is 0 Å². The zero-order valence-electron chi connectivity index (χ0n) is 17.7. The van der Waals surface area contributed by atoms with Crippen LogP contribution in [0.1, 0.15) is 18.7 Å². The van der Waals surface area contributed by atoms with Crippen LogP contribution in [-0.2, 0) is 11.2 Å². The third kappa shape index (κ3) is 6.18. The first-order valence-electron chi connectivity index (χ1n) is 10.7. The van der Waals surface area contributed by atoms with E-state index in [1.807, 2.05) is 12.1 Å². The summed E-state index contributed by atoms with van der Waals surface area (Å²) in [6, 6.07) is 7.76. The van der Waals surface area contributed by atoms with E-state index in [0.29, 0.717) is 42.3 Å². The standard InChI is InChI=1S/C21H28ClN7O2/c1-23-21(29-12-10-28(11-13-29)14-18(30)25-17-6-7-17)24-9-8-19-26-20(27-31-19)15-2-4-16(22)5-3-15/h2-5,17H,6-14H2,1H3,(H,23,24)(H,25,30). The second kappa shape index (κ2) is 10.1. The molecule has 2 N–H and O–H groups in total. The molecule has 10 heteroatoms. The molecule has 1 aliphatic heterocycles. The zero-order chi connectivity index (χ0) is 21.6. The molecule has 166 valence electrons. The summed E-state index contributed by atoms with van der Waals surface area (Å²) in [6.45, 7) is 4.46. The van der Waals surface area contributed by atoms with Crippen molar-refractivity contribution in [2.45, 2.75) is 25.3 Å². The van der Waals surface area contributed by atoms with E-state index in [0.717, 1.165) is 50.5 Å². The molecule has 9 nitrogen and oxygen atoms in total. The second-order valence-corrected chi connectivity index (χ2v) is 8.28. The van der Waals surface area contributed by atoms with Gasteiger partial charge in [-0.2, -0.15) is 4.98 Å². The summed E-state index contributed by atoms with van der Waals surface area (Å²) in [5, 5.41) is 11.1. The maximum atomic E-state index is 12.0. The van der Waals surface area contributed by atoms with Crippen LogP contribution in [0.4, 0.5) is 0 Å². The maximum absolute atomic E-state index is 12.0. The van der Waals surface area contributed by atoms with E-state index >= 15 is 0 Å². The Morgan fingerprint density at radius 1 is 1.23 bits per heavy atom. The summed E-state index contributed by atoms with van der Waals surface area (Å²) in [6.07, 6.45) is 2.84. The van der Waals surface area contributed by atoms with Crippen LogP contribution >= 0.6 is 11.6 Å². The fourth-order valence-corrected chi connectivity index (χ4v) is 3.63. The van der Waals surface area contributed by atoms with Crippen molar-refractivity contribution in [1.82, 2.24) is 30.6 Å². The lowest BCUT2D eigenvalue weighted by molar-refractivity contribution is -0.122. The highest BCUT2D eigenvalue weighted by Gasteiger charge is 2.25. The van der Waals surface area contributed by atoms with Crippen LogP contribution in [0.2, 0.25) is 5.02 Å². The summed E-state index contributed by atoms with van der Waals surface area (Å²) in [4.78, 5) is 25.2. The Bertz CT molecular complexity index is 903. The molecule has 1 saturated carbocycles. The van der Waals surface area contributed by atoms with Crippen LogP contribution in [-0.4, -0.2) is 84.2 Å². The summed E-state index contributed by atoms with van der Waals surface area (Å²) >= 11 is 5.92. The predicted octanol–water partition coefficient (Wildman–Crippen LogP) is 1.40. The number of nitrogens with one attached hydrogen (secondary N) is 2.